The lowest BCUT2D eigenvalue weighted by molar-refractivity contribution is 0.628. The van der Waals surface area contributed by atoms with Crippen molar-refractivity contribution in [3.05, 3.63) is 59.4 Å². The molecule has 0 radical (unpaired) electrons. The van der Waals surface area contributed by atoms with E-state index in [2.05, 4.69) is 4.98 Å². The summed E-state index contributed by atoms with van der Waals surface area (Å²) in [6, 6.07) is 14.0. The van der Waals surface area contributed by atoms with Gasteiger partial charge in [0.05, 0.1) is 15.6 Å². The maximum Gasteiger partial charge on any atom is 0.123 e. The standard InChI is InChI=1S/C17H14FNOS2/c1-11-19-16(12-5-9-15(10-6-12)22(2)20)17(21-11)13-3-7-14(18)8-4-13/h3-10H,1-2H3. The highest BCUT2D eigenvalue weighted by molar-refractivity contribution is 7.84. The van der Waals surface area contributed by atoms with Gasteiger partial charge >= 0.3 is 0 Å². The molecule has 1 atom stereocenters. The molecule has 22 heavy (non-hydrogen) atoms. The Hall–Kier alpha value is -1.85. The van der Waals surface area contributed by atoms with Gasteiger partial charge in [0.1, 0.15) is 5.82 Å². The Morgan fingerprint density at radius 3 is 2.18 bits per heavy atom. The van der Waals surface area contributed by atoms with Crippen molar-refractivity contribution in [1.29, 1.82) is 0 Å². The quantitative estimate of drug-likeness (QED) is 0.698. The molecule has 0 fully saturated rings. The minimum absolute atomic E-state index is 0.249. The number of benzene rings is 2. The molecule has 1 unspecified atom stereocenters. The molecule has 0 saturated carbocycles. The van der Waals surface area contributed by atoms with E-state index in [0.717, 1.165) is 31.6 Å². The Kier molecular flexibility index (Phi) is 4.18. The summed E-state index contributed by atoms with van der Waals surface area (Å²) in [6.07, 6.45) is 1.66. The molecule has 0 amide bonds. The second-order valence-corrected chi connectivity index (χ2v) is 7.48. The lowest BCUT2D eigenvalue weighted by Crippen LogP contribution is -1.88. The molecular formula is C17H14FNOS2. The van der Waals surface area contributed by atoms with Crippen LogP contribution >= 0.6 is 11.3 Å². The van der Waals surface area contributed by atoms with Gasteiger partial charge in [-0.25, -0.2) is 9.37 Å². The van der Waals surface area contributed by atoms with Gasteiger partial charge in [-0.15, -0.1) is 11.3 Å². The van der Waals surface area contributed by atoms with Crippen molar-refractivity contribution in [3.8, 4) is 21.7 Å². The van der Waals surface area contributed by atoms with Crippen molar-refractivity contribution in [2.45, 2.75) is 11.8 Å². The number of aromatic nitrogens is 1. The van der Waals surface area contributed by atoms with Crippen LogP contribution in [0.25, 0.3) is 21.7 Å². The SMILES string of the molecule is Cc1nc(-c2ccc(S(C)=O)cc2)c(-c2ccc(F)cc2)s1. The predicted octanol–water partition coefficient (Wildman–Crippen LogP) is 4.66. The average Bonchev–Trinajstić information content (AvgIpc) is 2.90. The third-order valence-corrected chi connectivity index (χ3v) is 5.26. The molecule has 1 heterocycles. The second-order valence-electron chi connectivity index (χ2n) is 4.90. The van der Waals surface area contributed by atoms with Crippen molar-refractivity contribution in [1.82, 2.24) is 4.98 Å². The van der Waals surface area contributed by atoms with E-state index in [1.807, 2.05) is 31.2 Å². The topological polar surface area (TPSA) is 30.0 Å². The molecule has 0 spiro atoms. The molecule has 3 aromatic rings. The van der Waals surface area contributed by atoms with Crippen LogP contribution in [0, 0.1) is 12.7 Å². The zero-order chi connectivity index (χ0) is 15.7. The van der Waals surface area contributed by atoms with E-state index in [4.69, 9.17) is 0 Å². The smallest absolute Gasteiger partial charge is 0.123 e. The first kappa shape index (κ1) is 15.1. The van der Waals surface area contributed by atoms with Crippen LogP contribution in [0.1, 0.15) is 5.01 Å². The molecule has 2 aromatic carbocycles. The minimum atomic E-state index is -0.992. The van der Waals surface area contributed by atoms with Crippen LogP contribution in [0.3, 0.4) is 0 Å². The monoisotopic (exact) mass is 331 g/mol. The molecule has 2 nitrogen and oxygen atoms in total. The fraction of sp³-hybridized carbons (Fsp3) is 0.118. The van der Waals surface area contributed by atoms with Gasteiger partial charge in [0.2, 0.25) is 0 Å². The normalized spacial score (nSPS) is 12.3. The molecule has 5 heteroatoms. The highest BCUT2D eigenvalue weighted by atomic mass is 32.2. The Labute approximate surface area is 135 Å². The van der Waals surface area contributed by atoms with Crippen molar-refractivity contribution < 1.29 is 8.60 Å². The van der Waals surface area contributed by atoms with E-state index in [1.54, 1.807) is 29.7 Å². The van der Waals surface area contributed by atoms with Crippen LogP contribution in [0.2, 0.25) is 0 Å². The Bertz CT molecular complexity index is 823. The van der Waals surface area contributed by atoms with Crippen molar-refractivity contribution >= 4 is 22.1 Å². The zero-order valence-electron chi connectivity index (χ0n) is 12.2. The molecule has 0 aliphatic rings. The van der Waals surface area contributed by atoms with E-state index in [1.165, 1.54) is 12.1 Å². The van der Waals surface area contributed by atoms with Crippen LogP contribution in [0.5, 0.6) is 0 Å². The number of halogens is 1. The maximum atomic E-state index is 13.1. The van der Waals surface area contributed by atoms with Gasteiger partial charge in [-0.3, -0.25) is 4.21 Å². The molecule has 0 bridgehead atoms. The average molecular weight is 331 g/mol. The van der Waals surface area contributed by atoms with E-state index >= 15 is 0 Å². The molecule has 3 rings (SSSR count). The number of nitrogens with zero attached hydrogens (tertiary/aromatic N) is 1. The van der Waals surface area contributed by atoms with Crippen molar-refractivity contribution in [2.24, 2.45) is 0 Å². The Balaban J connectivity index is 2.07. The van der Waals surface area contributed by atoms with Crippen LogP contribution in [-0.2, 0) is 10.8 Å². The van der Waals surface area contributed by atoms with Gasteiger partial charge < -0.3 is 0 Å². The van der Waals surface area contributed by atoms with E-state index in [0.29, 0.717) is 0 Å². The van der Waals surface area contributed by atoms with Crippen LogP contribution in [-0.4, -0.2) is 15.4 Å². The maximum absolute atomic E-state index is 13.1. The summed E-state index contributed by atoms with van der Waals surface area (Å²) in [7, 11) is -0.992. The van der Waals surface area contributed by atoms with Gasteiger partial charge in [0.25, 0.3) is 0 Å². The first-order valence-electron chi connectivity index (χ1n) is 6.72. The van der Waals surface area contributed by atoms with Crippen LogP contribution in [0.4, 0.5) is 4.39 Å². The van der Waals surface area contributed by atoms with Crippen LogP contribution in [0.15, 0.2) is 53.4 Å². The van der Waals surface area contributed by atoms with Crippen LogP contribution < -0.4 is 0 Å². The lowest BCUT2D eigenvalue weighted by atomic mass is 10.1. The summed E-state index contributed by atoms with van der Waals surface area (Å²) in [5, 5.41) is 0.956. The van der Waals surface area contributed by atoms with Crippen molar-refractivity contribution in [2.75, 3.05) is 6.26 Å². The summed E-state index contributed by atoms with van der Waals surface area (Å²) in [5.74, 6) is -0.249. The van der Waals surface area contributed by atoms with Gasteiger partial charge in [0, 0.05) is 27.5 Å². The van der Waals surface area contributed by atoms with E-state index in [-0.39, 0.29) is 5.82 Å². The largest absolute Gasteiger partial charge is 0.255 e. The zero-order valence-corrected chi connectivity index (χ0v) is 13.8. The first-order chi connectivity index (χ1) is 10.5. The fourth-order valence-electron chi connectivity index (χ4n) is 2.22. The van der Waals surface area contributed by atoms with E-state index in [9.17, 15) is 8.60 Å². The van der Waals surface area contributed by atoms with Gasteiger partial charge in [-0.1, -0.05) is 24.3 Å². The number of rotatable bonds is 3. The molecule has 0 saturated heterocycles. The third-order valence-electron chi connectivity index (χ3n) is 3.30. The first-order valence-corrected chi connectivity index (χ1v) is 9.09. The van der Waals surface area contributed by atoms with Gasteiger partial charge in [-0.05, 0) is 36.8 Å². The lowest BCUT2D eigenvalue weighted by Gasteiger charge is -2.04. The number of aryl methyl sites for hydroxylation is 1. The second kappa shape index (κ2) is 6.10. The number of thiazole rings is 1. The Morgan fingerprint density at radius 1 is 1.00 bits per heavy atom. The van der Waals surface area contributed by atoms with E-state index < -0.39 is 10.8 Å². The summed E-state index contributed by atoms with van der Waals surface area (Å²) in [4.78, 5) is 6.41. The van der Waals surface area contributed by atoms with Gasteiger partial charge in [0.15, 0.2) is 0 Å². The highest BCUT2D eigenvalue weighted by Gasteiger charge is 2.13. The number of hydrogen-bond acceptors (Lipinski definition) is 3. The summed E-state index contributed by atoms with van der Waals surface area (Å²) in [5.41, 5.74) is 2.80. The Morgan fingerprint density at radius 2 is 1.59 bits per heavy atom. The molecule has 0 aliphatic heterocycles. The van der Waals surface area contributed by atoms with Gasteiger partial charge in [-0.2, -0.15) is 0 Å². The third kappa shape index (κ3) is 3.00. The highest BCUT2D eigenvalue weighted by Crippen LogP contribution is 2.36. The minimum Gasteiger partial charge on any atom is -0.255 e. The summed E-state index contributed by atoms with van der Waals surface area (Å²) < 4.78 is 24.6. The van der Waals surface area contributed by atoms with Crippen molar-refractivity contribution in [3.63, 3.8) is 0 Å². The summed E-state index contributed by atoms with van der Waals surface area (Å²) in [6.45, 7) is 1.96. The predicted molar refractivity (Wildman–Crippen MR) is 90.0 cm³/mol. The number of hydrogen-bond donors (Lipinski definition) is 0. The molecule has 112 valence electrons. The summed E-state index contributed by atoms with van der Waals surface area (Å²) >= 11 is 1.59. The molecule has 0 aliphatic carbocycles. The fourth-order valence-corrected chi connectivity index (χ4v) is 3.69. The molecular weight excluding hydrogens is 317 g/mol. The molecule has 1 aromatic heterocycles. The molecule has 0 N–H and O–H groups in total.